The first kappa shape index (κ1) is 17.5. The molecule has 0 aliphatic carbocycles. The van der Waals surface area contributed by atoms with E-state index in [0.29, 0.717) is 16.0 Å². The van der Waals surface area contributed by atoms with Gasteiger partial charge in [0, 0.05) is 10.3 Å². The van der Waals surface area contributed by atoms with Crippen molar-refractivity contribution >= 4 is 60.6 Å². The Morgan fingerprint density at radius 3 is 2.54 bits per heavy atom. The number of anilines is 1. The molecule has 0 aliphatic heterocycles. The van der Waals surface area contributed by atoms with Crippen molar-refractivity contribution in [1.82, 2.24) is 4.98 Å². The van der Waals surface area contributed by atoms with Crippen molar-refractivity contribution in [2.75, 3.05) is 4.72 Å². The van der Waals surface area contributed by atoms with Crippen molar-refractivity contribution < 1.29 is 8.42 Å². The summed E-state index contributed by atoms with van der Waals surface area (Å²) >= 11 is 9.06. The van der Waals surface area contributed by atoms with E-state index in [2.05, 4.69) is 23.6 Å². The Labute approximate surface area is 154 Å². The van der Waals surface area contributed by atoms with Crippen LogP contribution in [-0.2, 0) is 10.0 Å². The average molecular weight is 399 g/mol. The second-order valence-electron chi connectivity index (χ2n) is 5.39. The lowest BCUT2D eigenvalue weighted by molar-refractivity contribution is 0.601. The van der Waals surface area contributed by atoms with Crippen LogP contribution in [0.4, 0.5) is 5.69 Å². The summed E-state index contributed by atoms with van der Waals surface area (Å²) < 4.78 is 29.4. The summed E-state index contributed by atoms with van der Waals surface area (Å²) in [6.45, 7) is 4.23. The standard InChI is InChI=1S/C16H15ClN2O2S3/c1-10(2)22-16-18-14-8-5-12(9-15(14)23-16)19-24(20,21)13-6-3-11(17)4-7-13/h3-10,19H,1-2H3. The minimum atomic E-state index is -3.64. The van der Waals surface area contributed by atoms with E-state index in [1.165, 1.54) is 12.1 Å². The van der Waals surface area contributed by atoms with Crippen LogP contribution in [0.2, 0.25) is 5.02 Å². The molecule has 0 spiro atoms. The van der Waals surface area contributed by atoms with Crippen LogP contribution in [0.1, 0.15) is 13.8 Å². The maximum Gasteiger partial charge on any atom is 0.261 e. The summed E-state index contributed by atoms with van der Waals surface area (Å²) in [5.41, 5.74) is 1.39. The van der Waals surface area contributed by atoms with Crippen LogP contribution >= 0.6 is 34.7 Å². The van der Waals surface area contributed by atoms with E-state index >= 15 is 0 Å². The Morgan fingerprint density at radius 2 is 1.88 bits per heavy atom. The molecule has 0 saturated heterocycles. The molecule has 8 heteroatoms. The van der Waals surface area contributed by atoms with Crippen molar-refractivity contribution in [2.24, 2.45) is 0 Å². The van der Waals surface area contributed by atoms with Gasteiger partial charge in [-0.2, -0.15) is 0 Å². The molecule has 0 unspecified atom stereocenters. The molecular weight excluding hydrogens is 384 g/mol. The van der Waals surface area contributed by atoms with Crippen LogP contribution in [-0.4, -0.2) is 18.7 Å². The fourth-order valence-electron chi connectivity index (χ4n) is 2.05. The predicted molar refractivity (Wildman–Crippen MR) is 103 cm³/mol. The zero-order chi connectivity index (χ0) is 17.3. The third kappa shape index (κ3) is 4.03. The Balaban J connectivity index is 1.88. The topological polar surface area (TPSA) is 59.1 Å². The van der Waals surface area contributed by atoms with Gasteiger partial charge in [0.2, 0.25) is 0 Å². The molecule has 1 heterocycles. The van der Waals surface area contributed by atoms with Gasteiger partial charge < -0.3 is 0 Å². The van der Waals surface area contributed by atoms with Crippen molar-refractivity contribution in [1.29, 1.82) is 0 Å². The Morgan fingerprint density at radius 1 is 1.17 bits per heavy atom. The highest BCUT2D eigenvalue weighted by molar-refractivity contribution is 8.01. The number of rotatable bonds is 5. The number of hydrogen-bond acceptors (Lipinski definition) is 5. The SMILES string of the molecule is CC(C)Sc1nc2ccc(NS(=O)(=O)c3ccc(Cl)cc3)cc2s1. The zero-order valence-corrected chi connectivity index (χ0v) is 16.2. The van der Waals surface area contributed by atoms with Gasteiger partial charge in [-0.1, -0.05) is 37.2 Å². The number of nitrogens with one attached hydrogen (secondary N) is 1. The first-order chi connectivity index (χ1) is 11.3. The third-order valence-corrected chi connectivity index (χ3v) is 6.85. The van der Waals surface area contributed by atoms with E-state index in [0.717, 1.165) is 14.6 Å². The molecule has 1 aromatic heterocycles. The maximum absolute atomic E-state index is 12.4. The van der Waals surface area contributed by atoms with E-state index in [-0.39, 0.29) is 4.90 Å². The largest absolute Gasteiger partial charge is 0.280 e. The third-order valence-electron chi connectivity index (χ3n) is 3.08. The second-order valence-corrected chi connectivity index (χ2v) is 10.4. The van der Waals surface area contributed by atoms with E-state index < -0.39 is 10.0 Å². The summed E-state index contributed by atoms with van der Waals surface area (Å²) in [5.74, 6) is 0. The number of halogens is 1. The zero-order valence-electron chi connectivity index (χ0n) is 13.0. The lowest BCUT2D eigenvalue weighted by Gasteiger charge is -2.08. The van der Waals surface area contributed by atoms with Gasteiger partial charge in [0.1, 0.15) is 0 Å². The van der Waals surface area contributed by atoms with E-state index in [9.17, 15) is 8.42 Å². The molecule has 0 amide bonds. The summed E-state index contributed by atoms with van der Waals surface area (Å²) in [7, 11) is -3.64. The van der Waals surface area contributed by atoms with Crippen molar-refractivity contribution in [3.8, 4) is 0 Å². The van der Waals surface area contributed by atoms with Gasteiger partial charge in [-0.15, -0.1) is 11.3 Å². The molecular formula is C16H15ClN2O2S3. The predicted octanol–water partition coefficient (Wildman–Crippen LogP) is 5.25. The molecule has 0 bridgehead atoms. The van der Waals surface area contributed by atoms with Crippen LogP contribution in [0.5, 0.6) is 0 Å². The number of thiazole rings is 1. The summed E-state index contributed by atoms with van der Waals surface area (Å²) in [4.78, 5) is 4.72. The highest BCUT2D eigenvalue weighted by atomic mass is 35.5. The van der Waals surface area contributed by atoms with Gasteiger partial charge in [-0.25, -0.2) is 13.4 Å². The van der Waals surface area contributed by atoms with Gasteiger partial charge in [0.15, 0.2) is 4.34 Å². The van der Waals surface area contributed by atoms with Gasteiger partial charge in [0.25, 0.3) is 10.0 Å². The highest BCUT2D eigenvalue weighted by Crippen LogP contribution is 2.33. The minimum absolute atomic E-state index is 0.173. The van der Waals surface area contributed by atoms with Gasteiger partial charge in [0.05, 0.1) is 20.8 Å². The molecule has 3 rings (SSSR count). The van der Waals surface area contributed by atoms with Crippen LogP contribution in [0.15, 0.2) is 51.7 Å². The maximum atomic E-state index is 12.4. The van der Waals surface area contributed by atoms with Gasteiger partial charge >= 0.3 is 0 Å². The molecule has 0 saturated carbocycles. The van der Waals surface area contributed by atoms with E-state index in [1.807, 2.05) is 12.1 Å². The number of sulfonamides is 1. The first-order valence-corrected chi connectivity index (χ1v) is 10.7. The van der Waals surface area contributed by atoms with Gasteiger partial charge in [-0.3, -0.25) is 4.72 Å². The summed E-state index contributed by atoms with van der Waals surface area (Å²) in [6, 6.07) is 11.4. The summed E-state index contributed by atoms with van der Waals surface area (Å²) in [6.07, 6.45) is 0. The Hall–Kier alpha value is -1.28. The Kier molecular flexibility index (Phi) is 5.05. The molecule has 1 N–H and O–H groups in total. The number of aromatic nitrogens is 1. The van der Waals surface area contributed by atoms with Crippen LogP contribution in [0, 0.1) is 0 Å². The van der Waals surface area contributed by atoms with Crippen LogP contribution in [0.3, 0.4) is 0 Å². The smallest absolute Gasteiger partial charge is 0.261 e. The second kappa shape index (κ2) is 6.92. The normalized spacial score (nSPS) is 12.0. The van der Waals surface area contributed by atoms with E-state index in [4.69, 9.17) is 11.6 Å². The molecule has 0 atom stereocenters. The molecule has 0 fully saturated rings. The molecule has 3 aromatic rings. The number of hydrogen-bond donors (Lipinski definition) is 1. The molecule has 4 nitrogen and oxygen atoms in total. The Bertz CT molecular complexity index is 967. The quantitative estimate of drug-likeness (QED) is 0.596. The lowest BCUT2D eigenvalue weighted by Crippen LogP contribution is -2.12. The fourth-order valence-corrected chi connectivity index (χ4v) is 5.55. The van der Waals surface area contributed by atoms with Gasteiger partial charge in [-0.05, 0) is 42.5 Å². The lowest BCUT2D eigenvalue weighted by atomic mass is 10.3. The number of nitrogens with zero attached hydrogens (tertiary/aromatic N) is 1. The van der Waals surface area contributed by atoms with Crippen molar-refractivity contribution in [3.05, 3.63) is 47.5 Å². The average Bonchev–Trinajstić information content (AvgIpc) is 2.87. The molecule has 24 heavy (non-hydrogen) atoms. The highest BCUT2D eigenvalue weighted by Gasteiger charge is 2.15. The van der Waals surface area contributed by atoms with E-state index in [1.54, 1.807) is 41.3 Å². The molecule has 0 aliphatic rings. The number of benzene rings is 2. The monoisotopic (exact) mass is 398 g/mol. The molecule has 126 valence electrons. The first-order valence-electron chi connectivity index (χ1n) is 7.19. The van der Waals surface area contributed by atoms with Crippen LogP contribution in [0.25, 0.3) is 10.2 Å². The molecule has 2 aromatic carbocycles. The van der Waals surface area contributed by atoms with Crippen LogP contribution < -0.4 is 4.72 Å². The van der Waals surface area contributed by atoms with Crippen molar-refractivity contribution in [3.63, 3.8) is 0 Å². The molecule has 0 radical (unpaired) electrons. The number of thioether (sulfide) groups is 1. The number of fused-ring (bicyclic) bond motifs is 1. The fraction of sp³-hybridized carbons (Fsp3) is 0.188. The van der Waals surface area contributed by atoms with Crippen molar-refractivity contribution in [2.45, 2.75) is 28.3 Å². The minimum Gasteiger partial charge on any atom is -0.280 e. The summed E-state index contributed by atoms with van der Waals surface area (Å²) in [5, 5.41) is 0.948.